The molecule has 142 valence electrons. The van der Waals surface area contributed by atoms with Gasteiger partial charge < -0.3 is 9.47 Å². The zero-order valence-corrected chi connectivity index (χ0v) is 17.0. The summed E-state index contributed by atoms with van der Waals surface area (Å²) in [6, 6.07) is 12.4. The predicted molar refractivity (Wildman–Crippen MR) is 110 cm³/mol. The quantitative estimate of drug-likeness (QED) is 0.519. The number of ether oxygens (including phenoxy) is 2. The maximum absolute atomic E-state index is 5.86. The number of hydrogen-bond acceptors (Lipinski definition) is 6. The smallest absolute Gasteiger partial charge is 0.191 e. The fraction of sp³-hybridized carbons (Fsp3) is 0.400. The average molecular weight is 402 g/mol. The highest BCUT2D eigenvalue weighted by Gasteiger charge is 2.22. The van der Waals surface area contributed by atoms with Gasteiger partial charge in [-0.2, -0.15) is 0 Å². The lowest BCUT2D eigenvalue weighted by atomic mass is 10.2. The van der Waals surface area contributed by atoms with Gasteiger partial charge in [0.25, 0.3) is 0 Å². The number of benzene rings is 1. The molecule has 7 heteroatoms. The fourth-order valence-electron chi connectivity index (χ4n) is 3.19. The van der Waals surface area contributed by atoms with E-state index in [1.807, 2.05) is 12.1 Å². The molecule has 1 aliphatic heterocycles. The van der Waals surface area contributed by atoms with E-state index in [9.17, 15) is 0 Å². The second kappa shape index (κ2) is 8.91. The Bertz CT molecular complexity index is 841. The van der Waals surface area contributed by atoms with E-state index in [0.29, 0.717) is 0 Å². The molecule has 1 unspecified atom stereocenters. The first-order chi connectivity index (χ1) is 13.3. The highest BCUT2D eigenvalue weighted by molar-refractivity contribution is 7.99. The van der Waals surface area contributed by atoms with E-state index >= 15 is 0 Å². The van der Waals surface area contributed by atoms with E-state index in [1.165, 1.54) is 5.56 Å². The molecule has 27 heavy (non-hydrogen) atoms. The molecule has 0 spiro atoms. The summed E-state index contributed by atoms with van der Waals surface area (Å²) in [6.45, 7) is 1.69. The lowest BCUT2D eigenvalue weighted by Crippen LogP contribution is -2.16. The molecule has 1 fully saturated rings. The zero-order valence-electron chi connectivity index (χ0n) is 15.3. The number of thioether (sulfide) groups is 1. The highest BCUT2D eigenvalue weighted by Crippen LogP contribution is 2.29. The first kappa shape index (κ1) is 18.5. The Morgan fingerprint density at radius 3 is 2.85 bits per heavy atom. The third-order valence-electron chi connectivity index (χ3n) is 4.65. The van der Waals surface area contributed by atoms with Crippen LogP contribution in [0.25, 0.3) is 10.7 Å². The molecule has 1 aliphatic rings. The van der Waals surface area contributed by atoms with Crippen LogP contribution in [0, 0.1) is 0 Å². The van der Waals surface area contributed by atoms with Crippen molar-refractivity contribution >= 4 is 23.1 Å². The molecule has 5 nitrogen and oxygen atoms in total. The van der Waals surface area contributed by atoms with E-state index in [-0.39, 0.29) is 6.10 Å². The molecule has 0 bridgehead atoms. The zero-order chi connectivity index (χ0) is 18.5. The molecule has 0 aliphatic carbocycles. The van der Waals surface area contributed by atoms with Gasteiger partial charge in [0, 0.05) is 12.4 Å². The van der Waals surface area contributed by atoms with Crippen molar-refractivity contribution in [1.29, 1.82) is 0 Å². The van der Waals surface area contributed by atoms with Gasteiger partial charge in [0.15, 0.2) is 11.0 Å². The number of rotatable bonds is 8. The molecule has 0 N–H and O–H groups in total. The molecule has 0 amide bonds. The average Bonchev–Trinajstić information content (AvgIpc) is 3.45. The normalized spacial score (nSPS) is 16.7. The van der Waals surface area contributed by atoms with E-state index in [4.69, 9.17) is 9.47 Å². The number of thiophene rings is 1. The highest BCUT2D eigenvalue weighted by atomic mass is 32.2. The summed E-state index contributed by atoms with van der Waals surface area (Å²) in [5, 5.41) is 12.0. The molecular weight excluding hydrogens is 378 g/mol. The number of hydrogen-bond donors (Lipinski definition) is 0. The van der Waals surface area contributed by atoms with Crippen LogP contribution in [0.3, 0.4) is 0 Å². The Morgan fingerprint density at radius 2 is 2.15 bits per heavy atom. The monoisotopic (exact) mass is 401 g/mol. The lowest BCUT2D eigenvalue weighted by Gasteiger charge is -2.14. The van der Waals surface area contributed by atoms with Crippen molar-refractivity contribution in [3.63, 3.8) is 0 Å². The van der Waals surface area contributed by atoms with Crippen LogP contribution in [0.15, 0.2) is 46.9 Å². The van der Waals surface area contributed by atoms with Crippen molar-refractivity contribution in [3.05, 3.63) is 47.3 Å². The predicted octanol–water partition coefficient (Wildman–Crippen LogP) is 4.53. The number of aryl methyl sites for hydroxylation is 1. The van der Waals surface area contributed by atoms with Gasteiger partial charge in [-0.1, -0.05) is 30.0 Å². The summed E-state index contributed by atoms with van der Waals surface area (Å²) in [4.78, 5) is 1.16. The van der Waals surface area contributed by atoms with Crippen molar-refractivity contribution in [1.82, 2.24) is 14.8 Å². The van der Waals surface area contributed by atoms with Crippen LogP contribution in [0.5, 0.6) is 5.75 Å². The second-order valence-corrected chi connectivity index (χ2v) is 8.49. The Kier molecular flexibility index (Phi) is 6.11. The minimum Gasteiger partial charge on any atom is -0.497 e. The third kappa shape index (κ3) is 4.54. The summed E-state index contributed by atoms with van der Waals surface area (Å²) in [5.41, 5.74) is 1.30. The number of aromatic nitrogens is 3. The van der Waals surface area contributed by atoms with Gasteiger partial charge in [0.2, 0.25) is 0 Å². The van der Waals surface area contributed by atoms with Crippen molar-refractivity contribution < 1.29 is 9.47 Å². The second-order valence-electron chi connectivity index (χ2n) is 6.48. The molecule has 4 rings (SSSR count). The fourth-order valence-corrected chi connectivity index (χ4v) is 4.85. The van der Waals surface area contributed by atoms with E-state index in [0.717, 1.165) is 59.8 Å². The van der Waals surface area contributed by atoms with Crippen LogP contribution < -0.4 is 4.74 Å². The standard InChI is InChI=1S/C20H23N3O2S2/c1-24-16-8-6-15(7-9-16)10-13-27-20-22-21-19(18-5-3-12-26-18)23(20)14-17-4-2-11-25-17/h3,5-9,12,17H,2,4,10-11,13-14H2,1H3. The van der Waals surface area contributed by atoms with Crippen molar-refractivity contribution in [2.75, 3.05) is 19.5 Å². The minimum atomic E-state index is 0.264. The van der Waals surface area contributed by atoms with Gasteiger partial charge in [-0.25, -0.2) is 0 Å². The topological polar surface area (TPSA) is 49.2 Å². The van der Waals surface area contributed by atoms with Gasteiger partial charge in [0.05, 0.1) is 24.6 Å². The maximum atomic E-state index is 5.86. The van der Waals surface area contributed by atoms with Crippen LogP contribution >= 0.6 is 23.1 Å². The molecule has 1 saturated heterocycles. The molecule has 3 heterocycles. The molecule has 0 saturated carbocycles. The van der Waals surface area contributed by atoms with Gasteiger partial charge >= 0.3 is 0 Å². The summed E-state index contributed by atoms with van der Waals surface area (Å²) in [5.74, 6) is 2.80. The molecule has 1 aromatic carbocycles. The van der Waals surface area contributed by atoms with Crippen molar-refractivity contribution in [3.8, 4) is 16.5 Å². The van der Waals surface area contributed by atoms with E-state index in [1.54, 1.807) is 30.2 Å². The summed E-state index contributed by atoms with van der Waals surface area (Å²) < 4.78 is 13.3. The van der Waals surface area contributed by atoms with Gasteiger partial charge in [-0.05, 0) is 48.4 Å². The van der Waals surface area contributed by atoms with Gasteiger partial charge in [0.1, 0.15) is 5.75 Å². The van der Waals surface area contributed by atoms with Gasteiger partial charge in [-0.15, -0.1) is 21.5 Å². The molecule has 3 aromatic rings. The summed E-state index contributed by atoms with van der Waals surface area (Å²) in [6.07, 6.45) is 3.50. The van der Waals surface area contributed by atoms with Crippen molar-refractivity contribution in [2.45, 2.75) is 37.1 Å². The first-order valence-corrected chi connectivity index (χ1v) is 11.0. The number of methoxy groups -OCH3 is 1. The SMILES string of the molecule is COc1ccc(CCSc2nnc(-c3cccs3)n2CC2CCCO2)cc1. The van der Waals surface area contributed by atoms with Crippen LogP contribution in [0.4, 0.5) is 0 Å². The van der Waals surface area contributed by atoms with Crippen LogP contribution in [0.2, 0.25) is 0 Å². The Labute approximate surface area is 167 Å². The largest absolute Gasteiger partial charge is 0.497 e. The Balaban J connectivity index is 1.45. The molecule has 0 radical (unpaired) electrons. The summed E-state index contributed by atoms with van der Waals surface area (Å²) in [7, 11) is 1.69. The number of nitrogens with zero attached hydrogens (tertiary/aromatic N) is 3. The molecular formula is C20H23N3O2S2. The lowest BCUT2D eigenvalue weighted by molar-refractivity contribution is 0.0953. The van der Waals surface area contributed by atoms with Crippen LogP contribution in [-0.4, -0.2) is 40.3 Å². The summed E-state index contributed by atoms with van der Waals surface area (Å²) >= 11 is 3.46. The van der Waals surface area contributed by atoms with E-state index < -0.39 is 0 Å². The van der Waals surface area contributed by atoms with Crippen molar-refractivity contribution in [2.24, 2.45) is 0 Å². The van der Waals surface area contributed by atoms with E-state index in [2.05, 4.69) is 44.4 Å². The first-order valence-electron chi connectivity index (χ1n) is 9.18. The molecule has 1 atom stereocenters. The minimum absolute atomic E-state index is 0.264. The Morgan fingerprint density at radius 1 is 1.26 bits per heavy atom. The molecule has 2 aromatic heterocycles. The third-order valence-corrected chi connectivity index (χ3v) is 6.48. The van der Waals surface area contributed by atoms with Crippen LogP contribution in [0.1, 0.15) is 18.4 Å². The van der Waals surface area contributed by atoms with Crippen LogP contribution in [-0.2, 0) is 17.7 Å². The van der Waals surface area contributed by atoms with Gasteiger partial charge in [-0.3, -0.25) is 4.57 Å². The Hall–Kier alpha value is -1.83. The maximum Gasteiger partial charge on any atom is 0.191 e.